The molecule has 0 saturated carbocycles. The zero-order valence-corrected chi connectivity index (χ0v) is 19.9. The Kier molecular flexibility index (Phi) is 7.33. The second-order valence-electron chi connectivity index (χ2n) is 7.82. The molecule has 2 N–H and O–H groups in total. The second kappa shape index (κ2) is 9.45. The van der Waals surface area contributed by atoms with E-state index in [2.05, 4.69) is 4.74 Å². The summed E-state index contributed by atoms with van der Waals surface area (Å²) in [5.74, 6) is -5.56. The molecule has 0 saturated heterocycles. The zero-order chi connectivity index (χ0) is 28.2. The van der Waals surface area contributed by atoms with Crippen molar-refractivity contribution in [2.24, 2.45) is 5.73 Å². The summed E-state index contributed by atoms with van der Waals surface area (Å²) in [6.07, 6.45) is 0. The van der Waals surface area contributed by atoms with Crippen LogP contribution in [0.4, 0.5) is 4.39 Å². The van der Waals surface area contributed by atoms with Crippen LogP contribution in [-0.2, 0) is 38.6 Å². The molecule has 2 aromatic rings. The van der Waals surface area contributed by atoms with Crippen molar-refractivity contribution >= 4 is 112 Å². The van der Waals surface area contributed by atoms with Gasteiger partial charge in [-0.25, -0.2) is 9.18 Å². The maximum atomic E-state index is 14.4. The highest BCUT2D eigenvalue weighted by Crippen LogP contribution is 2.38. The average Bonchev–Trinajstić information content (AvgIpc) is 3.04. The van der Waals surface area contributed by atoms with Crippen molar-refractivity contribution in [2.45, 2.75) is 10.0 Å². The van der Waals surface area contributed by atoms with Gasteiger partial charge in [-0.15, -0.1) is 27.3 Å². The molecule has 0 spiro atoms. The zero-order valence-electron chi connectivity index (χ0n) is 19.1. The molecule has 1 heterocycles. The Morgan fingerprint density at radius 2 is 1.57 bits per heavy atom. The SMILES string of the molecule is [B]c1c([B])c([B])c(C([B])([B])S(=O)(=O)OC2=C(N)OC([B])(c3ccc(C(=O)OC)c(F)c3)C2=O)c([B])c1[B]. The molecule has 0 aliphatic carbocycles. The molecule has 1 aliphatic rings. The first kappa shape index (κ1) is 28.7. The van der Waals surface area contributed by atoms with E-state index in [4.69, 9.17) is 77.4 Å². The summed E-state index contributed by atoms with van der Waals surface area (Å²) < 4.78 is 52.0. The smallest absolute Gasteiger partial charge is 0.340 e. The van der Waals surface area contributed by atoms with Crippen molar-refractivity contribution in [3.63, 3.8) is 0 Å². The number of rotatable bonds is 6. The van der Waals surface area contributed by atoms with Crippen LogP contribution in [0.3, 0.4) is 0 Å². The summed E-state index contributed by atoms with van der Waals surface area (Å²) in [6, 6.07) is 2.70. The molecule has 0 amide bonds. The highest BCUT2D eigenvalue weighted by molar-refractivity contribution is 7.90. The first-order valence-corrected chi connectivity index (χ1v) is 11.3. The predicted molar refractivity (Wildman–Crippen MR) is 139 cm³/mol. The van der Waals surface area contributed by atoms with Crippen molar-refractivity contribution in [2.75, 3.05) is 7.11 Å². The minimum atomic E-state index is -5.30. The molecule has 168 valence electrons. The van der Waals surface area contributed by atoms with Gasteiger partial charge in [-0.05, 0) is 17.7 Å². The summed E-state index contributed by atoms with van der Waals surface area (Å²) in [5, 5.41) is 0. The van der Waals surface area contributed by atoms with Crippen LogP contribution >= 0.6 is 0 Å². The number of hydrogen-bond donors (Lipinski definition) is 1. The van der Waals surface area contributed by atoms with Crippen LogP contribution < -0.4 is 33.0 Å². The summed E-state index contributed by atoms with van der Waals surface area (Å²) in [7, 11) is 42.2. The fraction of sp³-hybridized carbons (Fsp3) is 0.158. The number of esters is 1. The van der Waals surface area contributed by atoms with Crippen LogP contribution in [0.1, 0.15) is 21.5 Å². The van der Waals surface area contributed by atoms with Gasteiger partial charge in [0.1, 0.15) is 52.9 Å². The monoisotopic (exact) mass is 501 g/mol. The van der Waals surface area contributed by atoms with Gasteiger partial charge >= 0.3 is 16.1 Å². The maximum Gasteiger partial charge on any atom is 0.340 e. The highest BCUT2D eigenvalue weighted by atomic mass is 32.2. The van der Waals surface area contributed by atoms with Crippen molar-refractivity contribution in [3.05, 3.63) is 52.3 Å². The van der Waals surface area contributed by atoms with E-state index in [0.29, 0.717) is 6.07 Å². The Labute approximate surface area is 223 Å². The van der Waals surface area contributed by atoms with Crippen LogP contribution in [0.5, 0.6) is 0 Å². The van der Waals surface area contributed by atoms with E-state index in [1.165, 1.54) is 0 Å². The molecule has 3 rings (SSSR count). The molecule has 37 heavy (non-hydrogen) atoms. The van der Waals surface area contributed by atoms with Gasteiger partial charge in [0.15, 0.2) is 5.50 Å². The minimum Gasteiger partial charge on any atom is -0.467 e. The molecular formula is C19H8B8FNO7S. The predicted octanol–water partition coefficient (Wildman–Crippen LogP) is -5.88. The first-order valence-electron chi connectivity index (χ1n) is 9.86. The minimum absolute atomic E-state index is 0.252. The fourth-order valence-corrected chi connectivity index (χ4v) is 4.40. The van der Waals surface area contributed by atoms with Crippen LogP contribution in [0.15, 0.2) is 29.8 Å². The van der Waals surface area contributed by atoms with Crippen LogP contribution in [0.25, 0.3) is 0 Å². The Morgan fingerprint density at radius 1 is 1.05 bits per heavy atom. The van der Waals surface area contributed by atoms with Crippen LogP contribution in [-0.4, -0.2) is 90.1 Å². The number of halogens is 1. The molecule has 1 atom stereocenters. The van der Waals surface area contributed by atoms with Crippen molar-refractivity contribution in [1.29, 1.82) is 0 Å². The molecule has 18 heteroatoms. The van der Waals surface area contributed by atoms with Crippen LogP contribution in [0, 0.1) is 5.82 Å². The third-order valence-corrected chi connectivity index (χ3v) is 6.96. The molecule has 0 aromatic heterocycles. The van der Waals surface area contributed by atoms with E-state index in [1.54, 1.807) is 0 Å². The number of Topliss-reactive ketones (excluding diaryl/α,β-unsaturated/α-hetero) is 1. The number of hydrogen-bond acceptors (Lipinski definition) is 8. The van der Waals surface area contributed by atoms with E-state index in [0.717, 1.165) is 19.2 Å². The van der Waals surface area contributed by atoms with Crippen molar-refractivity contribution in [1.82, 2.24) is 0 Å². The molecule has 2 aromatic carbocycles. The largest absolute Gasteiger partial charge is 0.467 e. The Hall–Kier alpha value is -2.88. The number of benzene rings is 2. The van der Waals surface area contributed by atoms with E-state index in [1.807, 2.05) is 0 Å². The number of nitrogens with two attached hydrogens (primary N) is 1. The summed E-state index contributed by atoms with van der Waals surface area (Å²) in [6.45, 7) is 0. The molecular weight excluding hydrogens is 492 g/mol. The van der Waals surface area contributed by atoms with E-state index < -0.39 is 71.4 Å². The lowest BCUT2D eigenvalue weighted by atomic mass is 9.53. The van der Waals surface area contributed by atoms with Gasteiger partial charge in [0.25, 0.3) is 0 Å². The van der Waals surface area contributed by atoms with Gasteiger partial charge in [0.05, 0.1) is 32.9 Å². The standard InChI is InChI=1S/C19H8B8FNO7S/c1-34-17(31)6-3-2-5(4-7(6)28)18(25)15(30)14(16(29)35-18)36-37(32,33)19(26,27)8-9(20)11(22)13(24)12(23)10(8)21/h2-4H,29H2,1H3. The average molecular weight is 500 g/mol. The third kappa shape index (κ3) is 4.43. The molecule has 1 unspecified atom stereocenters. The third-order valence-electron chi connectivity index (χ3n) is 5.54. The van der Waals surface area contributed by atoms with Gasteiger partial charge in [-0.2, -0.15) is 8.42 Å². The van der Waals surface area contributed by atoms with Crippen molar-refractivity contribution < 1.29 is 36.1 Å². The molecule has 1 aliphatic heterocycles. The summed E-state index contributed by atoms with van der Waals surface area (Å²) in [4.78, 5) is 24.7. The second-order valence-corrected chi connectivity index (χ2v) is 9.57. The van der Waals surface area contributed by atoms with Gasteiger partial charge < -0.3 is 19.4 Å². The Bertz CT molecular complexity index is 1470. The number of ether oxygens (including phenoxy) is 2. The Morgan fingerprint density at radius 3 is 2.05 bits per heavy atom. The maximum absolute atomic E-state index is 14.4. The van der Waals surface area contributed by atoms with E-state index in [-0.39, 0.29) is 22.0 Å². The number of ketones is 1. The summed E-state index contributed by atoms with van der Waals surface area (Å²) in [5.41, 5.74) is -0.461. The summed E-state index contributed by atoms with van der Waals surface area (Å²) >= 11 is 0. The molecule has 0 bridgehead atoms. The number of methoxy groups -OCH3 is 1. The van der Waals surface area contributed by atoms with Crippen molar-refractivity contribution in [3.8, 4) is 0 Å². The highest BCUT2D eigenvalue weighted by Gasteiger charge is 2.51. The fourth-order valence-electron chi connectivity index (χ4n) is 3.41. The van der Waals surface area contributed by atoms with Gasteiger partial charge in [-0.1, -0.05) is 11.6 Å². The van der Waals surface area contributed by atoms with Gasteiger partial charge in [0.2, 0.25) is 17.4 Å². The van der Waals surface area contributed by atoms with Crippen LogP contribution in [0.2, 0.25) is 0 Å². The number of carbonyl (C=O) groups is 2. The molecule has 0 fully saturated rings. The lowest BCUT2D eigenvalue weighted by Gasteiger charge is -2.33. The van der Waals surface area contributed by atoms with E-state index in [9.17, 15) is 22.4 Å². The number of carbonyl (C=O) groups excluding carboxylic acids is 2. The van der Waals surface area contributed by atoms with Gasteiger partial charge in [-0.3, -0.25) is 4.79 Å². The lowest BCUT2D eigenvalue weighted by Crippen LogP contribution is -2.60. The molecule has 8 nitrogen and oxygen atoms in total. The van der Waals surface area contributed by atoms with Gasteiger partial charge in [0, 0.05) is 0 Å². The topological polar surface area (TPSA) is 122 Å². The lowest BCUT2D eigenvalue weighted by molar-refractivity contribution is -0.126. The Balaban J connectivity index is 2.02. The normalized spacial score (nSPS) is 17.9. The molecule has 16 radical (unpaired) electrons. The first-order chi connectivity index (χ1) is 16.9. The van der Waals surface area contributed by atoms with E-state index >= 15 is 0 Å². The quantitative estimate of drug-likeness (QED) is 0.237.